The fraction of sp³-hybridized carbons (Fsp3) is 0.400. The second-order valence-electron chi connectivity index (χ2n) is 3.29. The zero-order chi connectivity index (χ0) is 9.26. The fourth-order valence-corrected chi connectivity index (χ4v) is 1.42. The minimum Gasteiger partial charge on any atom is -0.454 e. The first kappa shape index (κ1) is 8.38. The number of hydrogen-bond acceptors (Lipinski definition) is 2. The Balaban J connectivity index is 2.21. The average molecular weight is 181 g/mol. The summed E-state index contributed by atoms with van der Waals surface area (Å²) in [6.45, 7) is 2.19. The van der Waals surface area contributed by atoms with E-state index in [1.54, 1.807) is 0 Å². The highest BCUT2D eigenvalue weighted by molar-refractivity contribution is 5.44. The predicted octanol–water partition coefficient (Wildman–Crippen LogP) is 1.07. The van der Waals surface area contributed by atoms with E-state index >= 15 is 0 Å². The van der Waals surface area contributed by atoms with E-state index in [1.165, 1.54) is 0 Å². The van der Waals surface area contributed by atoms with Crippen molar-refractivity contribution in [3.63, 3.8) is 0 Å². The zero-order valence-electron chi connectivity index (χ0n) is 7.54. The van der Waals surface area contributed by atoms with E-state index in [1.807, 2.05) is 25.1 Å². The molecule has 13 heavy (non-hydrogen) atoms. The Bertz CT molecular complexity index is 307. The SMILES string of the molecule is CC([OH2+])Cc1ccc2c(c1)OCO2. The molecule has 0 spiro atoms. The van der Waals surface area contributed by atoms with Crippen molar-refractivity contribution in [1.82, 2.24) is 0 Å². The molecule has 2 rings (SSSR count). The Hall–Kier alpha value is -1.22. The summed E-state index contributed by atoms with van der Waals surface area (Å²) in [5.41, 5.74) is 1.13. The Morgan fingerprint density at radius 2 is 2.15 bits per heavy atom. The maximum atomic E-state index is 7.44. The van der Waals surface area contributed by atoms with Gasteiger partial charge >= 0.3 is 0 Å². The molecule has 0 saturated carbocycles. The van der Waals surface area contributed by atoms with Gasteiger partial charge in [0.15, 0.2) is 17.6 Å². The molecule has 0 saturated heterocycles. The molecule has 0 aromatic heterocycles. The first-order chi connectivity index (χ1) is 6.25. The molecule has 0 aliphatic carbocycles. The summed E-state index contributed by atoms with van der Waals surface area (Å²) >= 11 is 0. The number of hydrogen-bond donors (Lipinski definition) is 0. The van der Waals surface area contributed by atoms with Crippen LogP contribution in [0.3, 0.4) is 0 Å². The molecule has 1 heterocycles. The smallest absolute Gasteiger partial charge is 0.231 e. The summed E-state index contributed by atoms with van der Waals surface area (Å²) in [6, 6.07) is 5.84. The van der Waals surface area contributed by atoms with E-state index in [-0.39, 0.29) is 6.10 Å². The topological polar surface area (TPSA) is 41.4 Å². The van der Waals surface area contributed by atoms with Crippen LogP contribution >= 0.6 is 0 Å². The summed E-state index contributed by atoms with van der Waals surface area (Å²) < 4.78 is 10.4. The summed E-state index contributed by atoms with van der Waals surface area (Å²) in [7, 11) is 0. The first-order valence-electron chi connectivity index (χ1n) is 4.35. The molecule has 0 bridgehead atoms. The van der Waals surface area contributed by atoms with Gasteiger partial charge in [0, 0.05) is 13.3 Å². The molecule has 3 heteroatoms. The van der Waals surface area contributed by atoms with Gasteiger partial charge in [0.05, 0.1) is 0 Å². The van der Waals surface area contributed by atoms with Crippen LogP contribution in [0.5, 0.6) is 11.5 Å². The second kappa shape index (κ2) is 3.26. The number of benzene rings is 1. The quantitative estimate of drug-likeness (QED) is 0.640. The molecule has 1 aliphatic rings. The van der Waals surface area contributed by atoms with Gasteiger partial charge in [0.2, 0.25) is 6.79 Å². The Morgan fingerprint density at radius 1 is 1.38 bits per heavy atom. The van der Waals surface area contributed by atoms with Gasteiger partial charge in [-0.3, -0.25) is 0 Å². The third-order valence-corrected chi connectivity index (χ3v) is 1.98. The van der Waals surface area contributed by atoms with Crippen molar-refractivity contribution in [1.29, 1.82) is 0 Å². The highest BCUT2D eigenvalue weighted by Crippen LogP contribution is 2.32. The van der Waals surface area contributed by atoms with Gasteiger partial charge in [-0.2, -0.15) is 0 Å². The maximum absolute atomic E-state index is 7.44. The van der Waals surface area contributed by atoms with Crippen molar-refractivity contribution in [3.8, 4) is 11.5 Å². The highest BCUT2D eigenvalue weighted by Gasteiger charge is 2.14. The minimum atomic E-state index is -0.0691. The normalized spacial score (nSPS) is 15.8. The van der Waals surface area contributed by atoms with Crippen LogP contribution in [0.15, 0.2) is 18.2 Å². The lowest BCUT2D eigenvalue weighted by molar-refractivity contribution is 0.174. The predicted molar refractivity (Wildman–Crippen MR) is 49.3 cm³/mol. The summed E-state index contributed by atoms with van der Waals surface area (Å²) in [5, 5.41) is 7.44. The van der Waals surface area contributed by atoms with Crippen molar-refractivity contribution in [2.24, 2.45) is 0 Å². The van der Waals surface area contributed by atoms with Crippen molar-refractivity contribution in [3.05, 3.63) is 23.8 Å². The number of rotatable bonds is 2. The van der Waals surface area contributed by atoms with E-state index in [0.717, 1.165) is 23.5 Å². The van der Waals surface area contributed by atoms with E-state index < -0.39 is 0 Å². The molecule has 2 N–H and O–H groups in total. The molecule has 70 valence electrons. The van der Waals surface area contributed by atoms with Gasteiger partial charge in [-0.1, -0.05) is 6.07 Å². The van der Waals surface area contributed by atoms with Crippen molar-refractivity contribution < 1.29 is 14.6 Å². The van der Waals surface area contributed by atoms with Crippen LogP contribution in [0.1, 0.15) is 12.5 Å². The molecule has 0 fully saturated rings. The van der Waals surface area contributed by atoms with E-state index in [0.29, 0.717) is 6.79 Å². The van der Waals surface area contributed by atoms with Crippen LogP contribution in [-0.2, 0) is 6.42 Å². The Morgan fingerprint density at radius 3 is 2.92 bits per heavy atom. The molecule has 1 atom stereocenters. The lowest BCUT2D eigenvalue weighted by Gasteiger charge is -2.02. The molecule has 1 unspecified atom stereocenters. The summed E-state index contributed by atoms with van der Waals surface area (Å²) in [6.07, 6.45) is 0.691. The molecule has 1 aromatic carbocycles. The Kier molecular flexibility index (Phi) is 2.10. The van der Waals surface area contributed by atoms with Gasteiger partial charge in [0.25, 0.3) is 0 Å². The molecule has 0 radical (unpaired) electrons. The Labute approximate surface area is 76.9 Å². The molecule has 0 amide bonds. The highest BCUT2D eigenvalue weighted by atomic mass is 16.7. The van der Waals surface area contributed by atoms with Gasteiger partial charge in [-0.25, -0.2) is 0 Å². The van der Waals surface area contributed by atoms with Crippen molar-refractivity contribution in [2.45, 2.75) is 19.4 Å². The van der Waals surface area contributed by atoms with E-state index in [9.17, 15) is 0 Å². The molecule has 3 nitrogen and oxygen atoms in total. The van der Waals surface area contributed by atoms with Crippen molar-refractivity contribution >= 4 is 0 Å². The molecule has 1 aliphatic heterocycles. The van der Waals surface area contributed by atoms with E-state index in [2.05, 4.69) is 0 Å². The third kappa shape index (κ3) is 1.75. The second-order valence-corrected chi connectivity index (χ2v) is 3.29. The van der Waals surface area contributed by atoms with Gasteiger partial charge in [-0.15, -0.1) is 0 Å². The van der Waals surface area contributed by atoms with Crippen LogP contribution in [0.4, 0.5) is 0 Å². The van der Waals surface area contributed by atoms with Crippen LogP contribution in [-0.4, -0.2) is 18.0 Å². The van der Waals surface area contributed by atoms with Gasteiger partial charge in [-0.05, 0) is 17.7 Å². The number of ether oxygens (including phenoxy) is 2. The zero-order valence-corrected chi connectivity index (χ0v) is 7.54. The molecular formula is C10H13O3+. The maximum Gasteiger partial charge on any atom is 0.231 e. The lowest BCUT2D eigenvalue weighted by Crippen LogP contribution is -2.03. The molecule has 1 aromatic rings. The van der Waals surface area contributed by atoms with Crippen molar-refractivity contribution in [2.75, 3.05) is 6.79 Å². The van der Waals surface area contributed by atoms with Crippen LogP contribution < -0.4 is 9.47 Å². The first-order valence-corrected chi connectivity index (χ1v) is 4.35. The van der Waals surface area contributed by atoms with Gasteiger partial charge < -0.3 is 14.6 Å². The summed E-state index contributed by atoms with van der Waals surface area (Å²) in [5.74, 6) is 1.61. The largest absolute Gasteiger partial charge is 0.454 e. The minimum absolute atomic E-state index is 0.0691. The molecular weight excluding hydrogens is 168 g/mol. The lowest BCUT2D eigenvalue weighted by atomic mass is 10.1. The van der Waals surface area contributed by atoms with Crippen LogP contribution in [0.2, 0.25) is 0 Å². The van der Waals surface area contributed by atoms with Crippen LogP contribution in [0, 0.1) is 0 Å². The third-order valence-electron chi connectivity index (χ3n) is 1.98. The monoisotopic (exact) mass is 181 g/mol. The fourth-order valence-electron chi connectivity index (χ4n) is 1.42. The number of fused-ring (bicyclic) bond motifs is 1. The average Bonchev–Trinajstić information content (AvgIpc) is 2.49. The van der Waals surface area contributed by atoms with Gasteiger partial charge in [0.1, 0.15) is 0 Å². The van der Waals surface area contributed by atoms with Crippen LogP contribution in [0.25, 0.3) is 0 Å². The van der Waals surface area contributed by atoms with E-state index in [4.69, 9.17) is 14.6 Å². The summed E-state index contributed by atoms with van der Waals surface area (Å²) in [4.78, 5) is 0. The standard InChI is InChI=1S/C10H12O3/c1-7(11)4-8-2-3-9-10(5-8)13-6-12-9/h2-3,5,7,11H,4,6H2,1H3/p+1.